The quantitative estimate of drug-likeness (QED) is 0.872. The van der Waals surface area contributed by atoms with E-state index in [1.807, 2.05) is 27.7 Å². The van der Waals surface area contributed by atoms with Gasteiger partial charge in [-0.15, -0.1) is 0 Å². The minimum Gasteiger partial charge on any atom is -0.399 e. The van der Waals surface area contributed by atoms with E-state index in [-0.39, 0.29) is 11.2 Å². The van der Waals surface area contributed by atoms with Gasteiger partial charge in [0.2, 0.25) is 5.95 Å². The SMILES string of the molecule is CC1(C)OB(c2cnc(NC3Cc4ccccc4C3)nc2)OC1(C)C. The summed E-state index contributed by atoms with van der Waals surface area (Å²) in [6, 6.07) is 8.92. The fourth-order valence-corrected chi connectivity index (χ4v) is 3.36. The van der Waals surface area contributed by atoms with Gasteiger partial charge in [0.15, 0.2) is 0 Å². The summed E-state index contributed by atoms with van der Waals surface area (Å²) in [4.78, 5) is 8.93. The van der Waals surface area contributed by atoms with E-state index in [2.05, 4.69) is 39.6 Å². The molecule has 0 unspecified atom stereocenters. The lowest BCUT2D eigenvalue weighted by molar-refractivity contribution is 0.00578. The molecule has 4 rings (SSSR count). The van der Waals surface area contributed by atoms with Crippen molar-refractivity contribution in [2.75, 3.05) is 5.32 Å². The Morgan fingerprint density at radius 2 is 1.48 bits per heavy atom. The Morgan fingerprint density at radius 1 is 0.960 bits per heavy atom. The summed E-state index contributed by atoms with van der Waals surface area (Å²) in [7, 11) is -0.421. The maximum Gasteiger partial charge on any atom is 0.498 e. The second kappa shape index (κ2) is 5.82. The molecular weight excluding hydrogens is 313 g/mol. The average molecular weight is 337 g/mol. The highest BCUT2D eigenvalue weighted by Crippen LogP contribution is 2.36. The fraction of sp³-hybridized carbons (Fsp3) is 0.474. The number of benzene rings is 1. The molecule has 1 aromatic heterocycles. The second-order valence-electron chi connectivity index (χ2n) is 7.95. The number of aromatic nitrogens is 2. The van der Waals surface area contributed by atoms with E-state index in [1.165, 1.54) is 11.1 Å². The van der Waals surface area contributed by atoms with E-state index in [9.17, 15) is 0 Å². The summed E-state index contributed by atoms with van der Waals surface area (Å²) in [5.74, 6) is 0.651. The minimum absolute atomic E-state index is 0.347. The highest BCUT2D eigenvalue weighted by atomic mass is 16.7. The van der Waals surface area contributed by atoms with Crippen LogP contribution in [0.15, 0.2) is 36.7 Å². The molecule has 0 amide bonds. The van der Waals surface area contributed by atoms with Crippen LogP contribution in [0, 0.1) is 0 Å². The Labute approximate surface area is 149 Å². The van der Waals surface area contributed by atoms with E-state index >= 15 is 0 Å². The summed E-state index contributed by atoms with van der Waals surface area (Å²) in [6.07, 6.45) is 5.61. The zero-order chi connectivity index (χ0) is 17.7. The lowest BCUT2D eigenvalue weighted by Crippen LogP contribution is -2.41. The molecule has 5 nitrogen and oxygen atoms in total. The lowest BCUT2D eigenvalue weighted by Gasteiger charge is -2.32. The smallest absolute Gasteiger partial charge is 0.399 e. The van der Waals surface area contributed by atoms with Gasteiger partial charge in [-0.2, -0.15) is 0 Å². The van der Waals surface area contributed by atoms with Gasteiger partial charge in [-0.25, -0.2) is 9.97 Å². The third-order valence-electron chi connectivity index (χ3n) is 5.58. The molecule has 0 atom stereocenters. The van der Waals surface area contributed by atoms with Crippen molar-refractivity contribution < 1.29 is 9.31 Å². The van der Waals surface area contributed by atoms with Crippen molar-refractivity contribution in [3.05, 3.63) is 47.8 Å². The van der Waals surface area contributed by atoms with Crippen molar-refractivity contribution in [3.8, 4) is 0 Å². The van der Waals surface area contributed by atoms with Crippen LogP contribution in [0.5, 0.6) is 0 Å². The molecule has 1 fully saturated rings. The van der Waals surface area contributed by atoms with Crippen molar-refractivity contribution in [1.82, 2.24) is 9.97 Å². The Hall–Kier alpha value is -1.92. The van der Waals surface area contributed by atoms with Crippen LogP contribution in [0.4, 0.5) is 5.95 Å². The molecule has 130 valence electrons. The third-order valence-corrected chi connectivity index (χ3v) is 5.58. The predicted octanol–water partition coefficient (Wildman–Crippen LogP) is 2.36. The maximum atomic E-state index is 6.04. The zero-order valence-corrected chi connectivity index (χ0v) is 15.2. The second-order valence-corrected chi connectivity index (χ2v) is 7.95. The highest BCUT2D eigenvalue weighted by molar-refractivity contribution is 6.61. The normalized spacial score (nSPS) is 21.4. The minimum atomic E-state index is -0.421. The zero-order valence-electron chi connectivity index (χ0n) is 15.2. The van der Waals surface area contributed by atoms with Gasteiger partial charge in [0.25, 0.3) is 0 Å². The molecule has 1 saturated heterocycles. The van der Waals surface area contributed by atoms with Crippen molar-refractivity contribution in [2.24, 2.45) is 0 Å². The topological polar surface area (TPSA) is 56.3 Å². The summed E-state index contributed by atoms with van der Waals surface area (Å²) in [5, 5.41) is 3.43. The van der Waals surface area contributed by atoms with Gasteiger partial charge in [-0.3, -0.25) is 0 Å². The highest BCUT2D eigenvalue weighted by Gasteiger charge is 2.51. The molecule has 25 heavy (non-hydrogen) atoms. The lowest BCUT2D eigenvalue weighted by atomic mass is 9.81. The van der Waals surface area contributed by atoms with Crippen LogP contribution >= 0.6 is 0 Å². The Balaban J connectivity index is 1.42. The number of anilines is 1. The van der Waals surface area contributed by atoms with Gasteiger partial charge in [0, 0.05) is 23.9 Å². The van der Waals surface area contributed by atoms with Crippen molar-refractivity contribution in [3.63, 3.8) is 0 Å². The summed E-state index contributed by atoms with van der Waals surface area (Å²) < 4.78 is 12.1. The van der Waals surface area contributed by atoms with Crippen LogP contribution in [-0.2, 0) is 22.2 Å². The largest absolute Gasteiger partial charge is 0.498 e. The van der Waals surface area contributed by atoms with Gasteiger partial charge >= 0.3 is 7.12 Å². The standard InChI is InChI=1S/C19H24BN3O2/c1-18(2)19(3,4)25-20(24-18)15-11-21-17(22-12-15)23-16-9-13-7-5-6-8-14(13)10-16/h5-8,11-12,16H,9-10H2,1-4H3,(H,21,22,23). The number of nitrogens with one attached hydrogen (secondary N) is 1. The molecule has 2 aromatic rings. The molecule has 0 saturated carbocycles. The van der Waals surface area contributed by atoms with Crippen LogP contribution in [-0.4, -0.2) is 34.3 Å². The first-order chi connectivity index (χ1) is 11.8. The van der Waals surface area contributed by atoms with Crippen LogP contribution in [0.3, 0.4) is 0 Å². The Bertz CT molecular complexity index is 735. The molecule has 6 heteroatoms. The van der Waals surface area contributed by atoms with Crippen LogP contribution in [0.2, 0.25) is 0 Å². The molecule has 2 aliphatic rings. The Kier molecular flexibility index (Phi) is 3.85. The van der Waals surface area contributed by atoms with Gasteiger partial charge in [-0.1, -0.05) is 24.3 Å². The van der Waals surface area contributed by atoms with Crippen molar-refractivity contribution >= 4 is 18.5 Å². The number of nitrogens with zero attached hydrogens (tertiary/aromatic N) is 2. The molecular formula is C19H24BN3O2. The summed E-state index contributed by atoms with van der Waals surface area (Å²) in [6.45, 7) is 8.17. The predicted molar refractivity (Wildman–Crippen MR) is 99.0 cm³/mol. The molecule has 0 spiro atoms. The van der Waals surface area contributed by atoms with Crippen molar-refractivity contribution in [1.29, 1.82) is 0 Å². The Morgan fingerprint density at radius 3 is 2.00 bits per heavy atom. The van der Waals surface area contributed by atoms with E-state index < -0.39 is 7.12 Å². The van der Waals surface area contributed by atoms with E-state index in [1.54, 1.807) is 12.4 Å². The summed E-state index contributed by atoms with van der Waals surface area (Å²) in [5.41, 5.74) is 2.95. The molecule has 2 heterocycles. The number of hydrogen-bond donors (Lipinski definition) is 1. The summed E-state index contributed by atoms with van der Waals surface area (Å²) >= 11 is 0. The van der Waals surface area contributed by atoms with Gasteiger partial charge in [0.1, 0.15) is 0 Å². The molecule has 1 aromatic carbocycles. The van der Waals surface area contributed by atoms with Crippen LogP contribution in [0.25, 0.3) is 0 Å². The first-order valence-corrected chi connectivity index (χ1v) is 8.85. The monoisotopic (exact) mass is 337 g/mol. The molecule has 1 aliphatic heterocycles. The number of hydrogen-bond acceptors (Lipinski definition) is 5. The van der Waals surface area contributed by atoms with Gasteiger partial charge in [-0.05, 0) is 51.7 Å². The molecule has 1 N–H and O–H groups in total. The maximum absolute atomic E-state index is 6.04. The molecule has 0 radical (unpaired) electrons. The number of rotatable bonds is 3. The molecule has 1 aliphatic carbocycles. The fourth-order valence-electron chi connectivity index (χ4n) is 3.36. The average Bonchev–Trinajstić information content (AvgIpc) is 3.05. The first-order valence-electron chi connectivity index (χ1n) is 8.85. The first kappa shape index (κ1) is 16.5. The molecule has 0 bridgehead atoms. The van der Waals surface area contributed by atoms with E-state index in [4.69, 9.17) is 9.31 Å². The van der Waals surface area contributed by atoms with Crippen LogP contribution in [0.1, 0.15) is 38.8 Å². The van der Waals surface area contributed by atoms with Crippen LogP contribution < -0.4 is 10.8 Å². The van der Waals surface area contributed by atoms with Gasteiger partial charge in [0.05, 0.1) is 11.2 Å². The van der Waals surface area contributed by atoms with Gasteiger partial charge < -0.3 is 14.6 Å². The third kappa shape index (κ3) is 3.05. The van der Waals surface area contributed by atoms with E-state index in [0.717, 1.165) is 18.3 Å². The van der Waals surface area contributed by atoms with E-state index in [0.29, 0.717) is 12.0 Å². The number of fused-ring (bicyclic) bond motifs is 1. The van der Waals surface area contributed by atoms with Crippen molar-refractivity contribution in [2.45, 2.75) is 57.8 Å².